The standard InChI is InChI=1S/C26H35N3O7S/c1-17-3-4-21(37(33,34)29-5-7-35-8-6-29)10-22(17)27-23(31)15-36-24(32)25-11-19-9-20(12-25)14-26(13-19,16-25)28-18(2)30/h3-4,10,19-20H,5-9,11-16H2,1-2H3,(H,27,31)(H,28,30). The van der Waals surface area contributed by atoms with E-state index in [1.165, 1.54) is 23.4 Å². The quantitative estimate of drug-likeness (QED) is 0.513. The van der Waals surface area contributed by atoms with Gasteiger partial charge < -0.3 is 20.1 Å². The van der Waals surface area contributed by atoms with Crippen molar-refractivity contribution in [1.82, 2.24) is 9.62 Å². The number of esters is 1. The van der Waals surface area contributed by atoms with E-state index in [0.29, 0.717) is 42.7 Å². The van der Waals surface area contributed by atoms with E-state index in [2.05, 4.69) is 10.6 Å². The summed E-state index contributed by atoms with van der Waals surface area (Å²) in [7, 11) is -3.72. The Morgan fingerprint density at radius 1 is 1.11 bits per heavy atom. The largest absolute Gasteiger partial charge is 0.455 e. The Labute approximate surface area is 217 Å². The van der Waals surface area contributed by atoms with E-state index in [1.807, 2.05) is 0 Å². The highest BCUT2D eigenvalue weighted by Gasteiger charge is 2.61. The number of rotatable bonds is 7. The number of hydrogen-bond acceptors (Lipinski definition) is 7. The molecule has 4 aliphatic carbocycles. The smallest absolute Gasteiger partial charge is 0.312 e. The van der Waals surface area contributed by atoms with E-state index < -0.39 is 28.0 Å². The van der Waals surface area contributed by atoms with Crippen molar-refractivity contribution in [1.29, 1.82) is 0 Å². The predicted octanol–water partition coefficient (Wildman–Crippen LogP) is 1.97. The average molecular weight is 534 g/mol. The number of hydrogen-bond donors (Lipinski definition) is 2. The number of carbonyl (C=O) groups is 3. The molecule has 5 aliphatic rings. The molecule has 6 rings (SSSR count). The molecule has 0 aromatic heterocycles. The summed E-state index contributed by atoms with van der Waals surface area (Å²) in [5, 5.41) is 5.83. The maximum atomic E-state index is 13.3. The van der Waals surface area contributed by atoms with Crippen molar-refractivity contribution < 1.29 is 32.3 Å². The monoisotopic (exact) mass is 533 g/mol. The number of benzene rings is 1. The number of nitrogens with one attached hydrogen (secondary N) is 2. The van der Waals surface area contributed by atoms with Crippen LogP contribution in [0.2, 0.25) is 0 Å². The zero-order valence-corrected chi connectivity index (χ0v) is 22.2. The maximum absolute atomic E-state index is 13.3. The summed E-state index contributed by atoms with van der Waals surface area (Å²) in [4.78, 5) is 38.0. The molecule has 1 saturated heterocycles. The molecule has 0 spiro atoms. The van der Waals surface area contributed by atoms with Crippen molar-refractivity contribution in [2.24, 2.45) is 17.3 Å². The van der Waals surface area contributed by atoms with Gasteiger partial charge in [-0.05, 0) is 75.0 Å². The molecule has 0 radical (unpaired) electrons. The van der Waals surface area contributed by atoms with E-state index >= 15 is 0 Å². The van der Waals surface area contributed by atoms with Crippen LogP contribution >= 0.6 is 0 Å². The summed E-state index contributed by atoms with van der Waals surface area (Å²) in [6.07, 6.45) is 4.86. The number of ether oxygens (including phenoxy) is 2. The summed E-state index contributed by atoms with van der Waals surface area (Å²) < 4.78 is 38.2. The van der Waals surface area contributed by atoms with Crippen LogP contribution < -0.4 is 10.6 Å². The lowest BCUT2D eigenvalue weighted by Gasteiger charge is -2.60. The normalized spacial score (nSPS) is 31.1. The fraction of sp³-hybridized carbons (Fsp3) is 0.654. The van der Waals surface area contributed by atoms with Crippen molar-refractivity contribution in [3.63, 3.8) is 0 Å². The van der Waals surface area contributed by atoms with Crippen LogP contribution in [0.4, 0.5) is 5.69 Å². The molecule has 2 N–H and O–H groups in total. The van der Waals surface area contributed by atoms with Crippen molar-refractivity contribution in [3.8, 4) is 0 Å². The van der Waals surface area contributed by atoms with Crippen LogP contribution in [-0.2, 0) is 33.9 Å². The summed E-state index contributed by atoms with van der Waals surface area (Å²) in [5.74, 6) is -0.259. The van der Waals surface area contributed by atoms with Gasteiger partial charge in [0.2, 0.25) is 15.9 Å². The molecule has 2 amide bonds. The van der Waals surface area contributed by atoms with Gasteiger partial charge in [-0.15, -0.1) is 0 Å². The molecule has 202 valence electrons. The Hall–Kier alpha value is -2.50. The van der Waals surface area contributed by atoms with Crippen LogP contribution in [-0.4, -0.2) is 69.0 Å². The second-order valence-corrected chi connectivity index (χ2v) is 13.3. The minimum atomic E-state index is -3.72. The van der Waals surface area contributed by atoms with Gasteiger partial charge >= 0.3 is 5.97 Å². The number of aryl methyl sites for hydroxylation is 1. The lowest BCUT2D eigenvalue weighted by Crippen LogP contribution is -2.64. The molecule has 11 heteroatoms. The number of carbonyl (C=O) groups excluding carboxylic acids is 3. The molecule has 5 fully saturated rings. The second-order valence-electron chi connectivity index (χ2n) is 11.3. The molecule has 1 aromatic carbocycles. The highest BCUT2D eigenvalue weighted by molar-refractivity contribution is 7.89. The molecule has 10 nitrogen and oxygen atoms in total. The van der Waals surface area contributed by atoms with Gasteiger partial charge in [0.05, 0.1) is 23.5 Å². The summed E-state index contributed by atoms with van der Waals surface area (Å²) in [6, 6.07) is 4.61. The van der Waals surface area contributed by atoms with Gasteiger partial charge in [0.15, 0.2) is 6.61 Å². The lowest BCUT2D eigenvalue weighted by atomic mass is 9.47. The summed E-state index contributed by atoms with van der Waals surface area (Å²) in [5.41, 5.74) is 0.0176. The van der Waals surface area contributed by atoms with E-state index in [0.717, 1.165) is 32.1 Å². The average Bonchev–Trinajstić information content (AvgIpc) is 2.82. The highest BCUT2D eigenvalue weighted by Crippen LogP contribution is 2.62. The fourth-order valence-electron chi connectivity index (χ4n) is 7.32. The Morgan fingerprint density at radius 3 is 2.43 bits per heavy atom. The third kappa shape index (κ3) is 5.13. The zero-order valence-electron chi connectivity index (χ0n) is 21.4. The van der Waals surface area contributed by atoms with Gasteiger partial charge in [0.25, 0.3) is 5.91 Å². The molecular formula is C26H35N3O7S. The van der Waals surface area contributed by atoms with Crippen molar-refractivity contribution in [3.05, 3.63) is 23.8 Å². The Balaban J connectivity index is 1.23. The molecule has 4 saturated carbocycles. The van der Waals surface area contributed by atoms with E-state index in [1.54, 1.807) is 13.0 Å². The first-order chi connectivity index (χ1) is 17.5. The molecule has 2 unspecified atom stereocenters. The number of sulfonamides is 1. The second kappa shape index (κ2) is 9.67. The molecular weight excluding hydrogens is 498 g/mol. The predicted molar refractivity (Wildman–Crippen MR) is 134 cm³/mol. The van der Waals surface area contributed by atoms with Crippen LogP contribution in [0.5, 0.6) is 0 Å². The van der Waals surface area contributed by atoms with Crippen molar-refractivity contribution >= 4 is 33.5 Å². The first kappa shape index (κ1) is 26.1. The minimum absolute atomic E-state index is 0.0851. The van der Waals surface area contributed by atoms with Gasteiger partial charge in [-0.3, -0.25) is 14.4 Å². The fourth-order valence-corrected chi connectivity index (χ4v) is 8.76. The van der Waals surface area contributed by atoms with Gasteiger partial charge in [0, 0.05) is 31.2 Å². The first-order valence-electron chi connectivity index (χ1n) is 12.9. The Kier molecular flexibility index (Phi) is 6.82. The van der Waals surface area contributed by atoms with E-state index in [-0.39, 0.29) is 35.4 Å². The van der Waals surface area contributed by atoms with Gasteiger partial charge in [-0.1, -0.05) is 6.07 Å². The molecule has 4 bridgehead atoms. The third-order valence-electron chi connectivity index (χ3n) is 8.36. The van der Waals surface area contributed by atoms with Crippen molar-refractivity contribution in [2.75, 3.05) is 38.2 Å². The number of nitrogens with zero attached hydrogens (tertiary/aromatic N) is 1. The molecule has 1 heterocycles. The summed E-state index contributed by atoms with van der Waals surface area (Å²) >= 11 is 0. The third-order valence-corrected chi connectivity index (χ3v) is 10.3. The molecule has 1 aromatic rings. The van der Waals surface area contributed by atoms with Crippen LogP contribution in [0.1, 0.15) is 51.0 Å². The summed E-state index contributed by atoms with van der Waals surface area (Å²) in [6.45, 7) is 4.06. The number of amides is 2. The van der Waals surface area contributed by atoms with Gasteiger partial charge in [-0.2, -0.15) is 4.31 Å². The maximum Gasteiger partial charge on any atom is 0.312 e. The number of morpholine rings is 1. The zero-order chi connectivity index (χ0) is 26.4. The number of anilines is 1. The van der Waals surface area contributed by atoms with Crippen molar-refractivity contribution in [2.45, 2.75) is 62.8 Å². The molecule has 37 heavy (non-hydrogen) atoms. The van der Waals surface area contributed by atoms with Crippen LogP contribution in [0.25, 0.3) is 0 Å². The van der Waals surface area contributed by atoms with E-state index in [4.69, 9.17) is 9.47 Å². The van der Waals surface area contributed by atoms with Crippen LogP contribution in [0, 0.1) is 24.2 Å². The van der Waals surface area contributed by atoms with Crippen LogP contribution in [0.15, 0.2) is 23.1 Å². The topological polar surface area (TPSA) is 131 Å². The SMILES string of the molecule is CC(=O)NC12CC3CC(C1)CC(C(=O)OCC(=O)Nc1cc(S(=O)(=O)N4CCOCC4)ccc1C)(C3)C2. The van der Waals surface area contributed by atoms with Gasteiger partial charge in [0.1, 0.15) is 0 Å². The molecule has 1 aliphatic heterocycles. The van der Waals surface area contributed by atoms with Gasteiger partial charge in [-0.25, -0.2) is 8.42 Å². The molecule has 2 atom stereocenters. The van der Waals surface area contributed by atoms with E-state index in [9.17, 15) is 22.8 Å². The lowest BCUT2D eigenvalue weighted by molar-refractivity contribution is -0.176. The van der Waals surface area contributed by atoms with Crippen LogP contribution in [0.3, 0.4) is 0 Å². The first-order valence-corrected chi connectivity index (χ1v) is 14.4. The Bertz CT molecular complexity index is 1190. The minimum Gasteiger partial charge on any atom is -0.455 e. The highest BCUT2D eigenvalue weighted by atomic mass is 32.2. The Morgan fingerprint density at radius 2 is 1.78 bits per heavy atom.